The molecule has 0 aliphatic heterocycles. The van der Waals surface area contributed by atoms with Gasteiger partial charge in [-0.2, -0.15) is 0 Å². The van der Waals surface area contributed by atoms with Crippen LogP contribution in [-0.2, 0) is 6.42 Å². The largest absolute Gasteiger partial charge is 0.496 e. The molecular formula is C17H21FN2O. The fourth-order valence-electron chi connectivity index (χ4n) is 2.39. The Morgan fingerprint density at radius 1 is 1.19 bits per heavy atom. The highest BCUT2D eigenvalue weighted by atomic mass is 19.1. The van der Waals surface area contributed by atoms with Crippen molar-refractivity contribution in [2.75, 3.05) is 7.11 Å². The van der Waals surface area contributed by atoms with Gasteiger partial charge < -0.3 is 4.74 Å². The van der Waals surface area contributed by atoms with Crippen LogP contribution < -0.4 is 16.0 Å². The molecule has 2 rings (SSSR count). The third-order valence-corrected chi connectivity index (χ3v) is 3.66. The average Bonchev–Trinajstić information content (AvgIpc) is 2.48. The van der Waals surface area contributed by atoms with Gasteiger partial charge in [0.15, 0.2) is 0 Å². The minimum Gasteiger partial charge on any atom is -0.496 e. The number of ether oxygens (including phenoxy) is 1. The van der Waals surface area contributed by atoms with E-state index in [1.165, 1.54) is 6.07 Å². The van der Waals surface area contributed by atoms with Crippen molar-refractivity contribution in [1.29, 1.82) is 0 Å². The molecule has 0 aliphatic carbocycles. The third-order valence-electron chi connectivity index (χ3n) is 3.66. The molecule has 3 nitrogen and oxygen atoms in total. The Labute approximate surface area is 124 Å². The monoisotopic (exact) mass is 288 g/mol. The highest BCUT2D eigenvalue weighted by Gasteiger charge is 2.15. The summed E-state index contributed by atoms with van der Waals surface area (Å²) in [5, 5.41) is 0. The van der Waals surface area contributed by atoms with Crippen LogP contribution in [0.3, 0.4) is 0 Å². The van der Waals surface area contributed by atoms with Gasteiger partial charge in [-0.1, -0.05) is 29.8 Å². The van der Waals surface area contributed by atoms with Crippen LogP contribution in [0.4, 0.5) is 4.39 Å². The zero-order valence-corrected chi connectivity index (χ0v) is 12.6. The number of hydrogen-bond acceptors (Lipinski definition) is 3. The molecule has 0 spiro atoms. The van der Waals surface area contributed by atoms with Crippen molar-refractivity contribution in [1.82, 2.24) is 5.43 Å². The predicted octanol–water partition coefficient (Wildman–Crippen LogP) is 3.20. The highest BCUT2D eigenvalue weighted by molar-refractivity contribution is 5.38. The van der Waals surface area contributed by atoms with E-state index in [-0.39, 0.29) is 11.9 Å². The molecule has 0 bridgehead atoms. The lowest BCUT2D eigenvalue weighted by Crippen LogP contribution is -2.29. The van der Waals surface area contributed by atoms with E-state index in [1.807, 2.05) is 25.1 Å². The molecule has 0 fully saturated rings. The van der Waals surface area contributed by atoms with Gasteiger partial charge >= 0.3 is 0 Å². The van der Waals surface area contributed by atoms with Gasteiger partial charge in [0.25, 0.3) is 0 Å². The maximum atomic E-state index is 13.7. The number of rotatable bonds is 5. The number of hydrazine groups is 1. The Kier molecular flexibility index (Phi) is 4.94. The normalized spacial score (nSPS) is 12.2. The maximum Gasteiger partial charge on any atom is 0.126 e. The summed E-state index contributed by atoms with van der Waals surface area (Å²) in [6.07, 6.45) is 0.629. The first kappa shape index (κ1) is 15.5. The zero-order valence-electron chi connectivity index (χ0n) is 12.6. The lowest BCUT2D eigenvalue weighted by atomic mass is 9.97. The Morgan fingerprint density at radius 3 is 2.57 bits per heavy atom. The minimum absolute atomic E-state index is 0.171. The number of hydrogen-bond donors (Lipinski definition) is 2. The number of nitrogens with two attached hydrogens (primary N) is 1. The molecule has 4 heteroatoms. The lowest BCUT2D eigenvalue weighted by Gasteiger charge is -2.19. The molecule has 21 heavy (non-hydrogen) atoms. The summed E-state index contributed by atoms with van der Waals surface area (Å²) in [5.74, 6) is 6.25. The van der Waals surface area contributed by atoms with Gasteiger partial charge in [-0.05, 0) is 49.1 Å². The first-order valence-corrected chi connectivity index (χ1v) is 6.91. The second-order valence-corrected chi connectivity index (χ2v) is 5.25. The zero-order chi connectivity index (χ0) is 15.4. The van der Waals surface area contributed by atoms with Gasteiger partial charge in [-0.3, -0.25) is 11.3 Å². The third kappa shape index (κ3) is 3.60. The number of halogens is 1. The number of aryl methyl sites for hydroxylation is 2. The summed E-state index contributed by atoms with van der Waals surface area (Å²) >= 11 is 0. The fourth-order valence-corrected chi connectivity index (χ4v) is 2.39. The van der Waals surface area contributed by atoms with E-state index in [4.69, 9.17) is 10.6 Å². The quantitative estimate of drug-likeness (QED) is 0.656. The van der Waals surface area contributed by atoms with Gasteiger partial charge in [-0.25, -0.2) is 4.39 Å². The summed E-state index contributed by atoms with van der Waals surface area (Å²) in [6, 6.07) is 11.0. The van der Waals surface area contributed by atoms with Crippen LogP contribution in [0.25, 0.3) is 0 Å². The van der Waals surface area contributed by atoms with E-state index in [2.05, 4.69) is 11.5 Å². The first-order valence-electron chi connectivity index (χ1n) is 6.91. The summed E-state index contributed by atoms with van der Waals surface area (Å²) in [4.78, 5) is 0. The molecule has 2 aromatic rings. The van der Waals surface area contributed by atoms with Crippen LogP contribution in [0.5, 0.6) is 5.75 Å². The molecule has 1 atom stereocenters. The topological polar surface area (TPSA) is 47.3 Å². The lowest BCUT2D eigenvalue weighted by molar-refractivity contribution is 0.405. The second-order valence-electron chi connectivity index (χ2n) is 5.25. The van der Waals surface area contributed by atoms with Crippen LogP contribution in [0, 0.1) is 19.7 Å². The van der Waals surface area contributed by atoms with E-state index >= 15 is 0 Å². The highest BCUT2D eigenvalue weighted by Crippen LogP contribution is 2.26. The minimum atomic E-state index is -0.219. The van der Waals surface area contributed by atoms with E-state index in [0.717, 1.165) is 22.4 Å². The standard InChI is InChI=1S/C17H21FN2O/c1-11-4-7-17(21-3)14(8-11)10-16(20-19)13-6-5-12(2)15(18)9-13/h4-9,16,20H,10,19H2,1-3H3. The van der Waals surface area contributed by atoms with Crippen molar-refractivity contribution >= 4 is 0 Å². The van der Waals surface area contributed by atoms with Crippen LogP contribution >= 0.6 is 0 Å². The Hall–Kier alpha value is -1.91. The van der Waals surface area contributed by atoms with Gasteiger partial charge in [0, 0.05) is 0 Å². The number of benzene rings is 2. The molecule has 112 valence electrons. The average molecular weight is 288 g/mol. The van der Waals surface area contributed by atoms with E-state index in [1.54, 1.807) is 20.1 Å². The molecule has 0 amide bonds. The van der Waals surface area contributed by atoms with Crippen molar-refractivity contribution in [3.05, 3.63) is 64.5 Å². The van der Waals surface area contributed by atoms with Crippen LogP contribution in [0.15, 0.2) is 36.4 Å². The molecule has 2 aromatic carbocycles. The second kappa shape index (κ2) is 6.70. The summed E-state index contributed by atoms with van der Waals surface area (Å²) < 4.78 is 19.1. The van der Waals surface area contributed by atoms with Crippen LogP contribution in [0.1, 0.15) is 28.3 Å². The Bertz CT molecular complexity index is 628. The molecule has 0 heterocycles. The van der Waals surface area contributed by atoms with Crippen molar-refractivity contribution in [3.8, 4) is 5.75 Å². The Morgan fingerprint density at radius 2 is 1.95 bits per heavy atom. The molecule has 0 saturated carbocycles. The molecule has 1 unspecified atom stereocenters. The van der Waals surface area contributed by atoms with E-state index < -0.39 is 0 Å². The summed E-state index contributed by atoms with van der Waals surface area (Å²) in [7, 11) is 1.64. The summed E-state index contributed by atoms with van der Waals surface area (Å²) in [6.45, 7) is 3.77. The molecule has 3 N–H and O–H groups in total. The van der Waals surface area contributed by atoms with Gasteiger partial charge in [-0.15, -0.1) is 0 Å². The fraction of sp³-hybridized carbons (Fsp3) is 0.294. The molecule has 0 saturated heterocycles. The Balaban J connectivity index is 2.30. The van der Waals surface area contributed by atoms with Gasteiger partial charge in [0.1, 0.15) is 11.6 Å². The maximum absolute atomic E-state index is 13.7. The van der Waals surface area contributed by atoms with Crippen molar-refractivity contribution in [2.24, 2.45) is 5.84 Å². The SMILES string of the molecule is COc1ccc(C)cc1CC(NN)c1ccc(C)c(F)c1. The smallest absolute Gasteiger partial charge is 0.126 e. The van der Waals surface area contributed by atoms with Crippen molar-refractivity contribution < 1.29 is 9.13 Å². The predicted molar refractivity (Wildman–Crippen MR) is 82.6 cm³/mol. The first-order chi connectivity index (χ1) is 10.0. The van der Waals surface area contributed by atoms with Gasteiger partial charge in [0.2, 0.25) is 0 Å². The number of methoxy groups -OCH3 is 1. The van der Waals surface area contributed by atoms with Crippen molar-refractivity contribution in [3.63, 3.8) is 0 Å². The van der Waals surface area contributed by atoms with E-state index in [0.29, 0.717) is 12.0 Å². The molecular weight excluding hydrogens is 267 g/mol. The molecule has 0 aliphatic rings. The van der Waals surface area contributed by atoms with E-state index in [9.17, 15) is 4.39 Å². The number of nitrogens with one attached hydrogen (secondary N) is 1. The summed E-state index contributed by atoms with van der Waals surface area (Å²) in [5.41, 5.74) is 6.41. The van der Waals surface area contributed by atoms with Crippen molar-refractivity contribution in [2.45, 2.75) is 26.3 Å². The van der Waals surface area contributed by atoms with Crippen LogP contribution in [-0.4, -0.2) is 7.11 Å². The molecule has 0 aromatic heterocycles. The van der Waals surface area contributed by atoms with Gasteiger partial charge in [0.05, 0.1) is 13.2 Å². The molecule has 0 radical (unpaired) electrons. The van der Waals surface area contributed by atoms with Crippen LogP contribution in [0.2, 0.25) is 0 Å².